The number of nitrogens with zero attached hydrogens (tertiary/aromatic N) is 2. The molecule has 1 fully saturated rings. The van der Waals surface area contributed by atoms with E-state index in [4.69, 9.17) is 0 Å². The average Bonchev–Trinajstić information content (AvgIpc) is 3.49. The summed E-state index contributed by atoms with van der Waals surface area (Å²) in [7, 11) is 1.88. The fourth-order valence-corrected chi connectivity index (χ4v) is 3.28. The van der Waals surface area contributed by atoms with Gasteiger partial charge in [-0.1, -0.05) is 18.7 Å². The monoisotopic (exact) mass is 431 g/mol. The van der Waals surface area contributed by atoms with Crippen molar-refractivity contribution >= 4 is 45.1 Å². The number of rotatable bonds is 8. The molecule has 26 heavy (non-hydrogen) atoms. The third-order valence-corrected chi connectivity index (χ3v) is 5.43. The van der Waals surface area contributed by atoms with Gasteiger partial charge in [-0.3, -0.25) is 0 Å². The lowest BCUT2D eigenvalue weighted by atomic mass is 10.2. The Morgan fingerprint density at radius 3 is 2.81 bits per heavy atom. The molecule has 1 aromatic carbocycles. The van der Waals surface area contributed by atoms with Gasteiger partial charge in [0.05, 0.1) is 10.2 Å². The molecule has 0 radical (unpaired) electrons. The number of anilines is 3. The zero-order valence-electron chi connectivity index (χ0n) is 14.8. The molecule has 7 heteroatoms. The van der Waals surface area contributed by atoms with Crippen LogP contribution in [-0.4, -0.2) is 23.3 Å². The van der Waals surface area contributed by atoms with Gasteiger partial charge in [0.15, 0.2) is 5.82 Å². The smallest absolute Gasteiger partial charge is 0.229 e. The van der Waals surface area contributed by atoms with Crippen molar-refractivity contribution in [2.45, 2.75) is 17.7 Å². The molecule has 0 unspecified atom stereocenters. The van der Waals surface area contributed by atoms with E-state index in [0.717, 1.165) is 26.4 Å². The maximum Gasteiger partial charge on any atom is 0.229 e. The molecule has 5 nitrogen and oxygen atoms in total. The summed E-state index contributed by atoms with van der Waals surface area (Å²) in [5.41, 5.74) is 2.12. The SMILES string of the molecule is C=C(/C=C(\NC)Nc1nc(Nc2ccccc2SC)ncc1Br)C1CC1. The number of nitrogens with one attached hydrogen (secondary N) is 3. The molecule has 1 saturated carbocycles. The Hall–Kier alpha value is -1.99. The van der Waals surface area contributed by atoms with Gasteiger partial charge in [-0.15, -0.1) is 11.8 Å². The standard InChI is InChI=1S/C19H22BrN5S/c1-12(13-8-9-13)10-17(21-2)24-18-14(20)11-22-19(25-18)23-15-6-4-5-7-16(15)26-3/h4-7,10-11,13,21H,1,8-9H2,2-3H3,(H2,22,23,24,25)/b17-10+. The van der Waals surface area contributed by atoms with Crippen molar-refractivity contribution in [3.05, 3.63) is 59.0 Å². The number of aromatic nitrogens is 2. The quantitative estimate of drug-likeness (QED) is 0.397. The molecule has 2 aromatic rings. The van der Waals surface area contributed by atoms with Gasteiger partial charge in [0.25, 0.3) is 0 Å². The molecule has 1 heterocycles. The lowest BCUT2D eigenvalue weighted by Crippen LogP contribution is -2.16. The van der Waals surface area contributed by atoms with Gasteiger partial charge in [-0.25, -0.2) is 4.98 Å². The van der Waals surface area contributed by atoms with Gasteiger partial charge in [0.2, 0.25) is 5.95 Å². The molecule has 0 amide bonds. The van der Waals surface area contributed by atoms with Crippen molar-refractivity contribution in [2.75, 3.05) is 23.9 Å². The summed E-state index contributed by atoms with van der Waals surface area (Å²) >= 11 is 5.19. The maximum atomic E-state index is 4.60. The Balaban J connectivity index is 1.79. The lowest BCUT2D eigenvalue weighted by molar-refractivity contribution is 0.963. The summed E-state index contributed by atoms with van der Waals surface area (Å²) < 4.78 is 0.791. The van der Waals surface area contributed by atoms with Crippen LogP contribution in [0.25, 0.3) is 0 Å². The summed E-state index contributed by atoms with van der Waals surface area (Å²) in [6, 6.07) is 8.09. The number of halogens is 1. The Morgan fingerprint density at radius 2 is 2.12 bits per heavy atom. The third kappa shape index (κ3) is 4.80. The molecule has 0 atom stereocenters. The zero-order chi connectivity index (χ0) is 18.5. The van der Waals surface area contributed by atoms with Crippen molar-refractivity contribution in [3.8, 4) is 0 Å². The number of benzene rings is 1. The molecule has 0 bridgehead atoms. The maximum absolute atomic E-state index is 4.60. The topological polar surface area (TPSA) is 61.9 Å². The fraction of sp³-hybridized carbons (Fsp3) is 0.263. The van der Waals surface area contributed by atoms with Crippen LogP contribution in [0, 0.1) is 5.92 Å². The minimum absolute atomic E-state index is 0.536. The second-order valence-electron chi connectivity index (χ2n) is 6.00. The molecular formula is C19H22BrN5S. The second kappa shape index (κ2) is 8.60. The summed E-state index contributed by atoms with van der Waals surface area (Å²) in [5.74, 6) is 2.70. The van der Waals surface area contributed by atoms with Gasteiger partial charge in [0.1, 0.15) is 5.82 Å². The van der Waals surface area contributed by atoms with E-state index in [1.165, 1.54) is 12.8 Å². The summed E-state index contributed by atoms with van der Waals surface area (Å²) in [4.78, 5) is 10.1. The fourth-order valence-electron chi connectivity index (χ4n) is 2.44. The Morgan fingerprint density at radius 1 is 1.35 bits per heavy atom. The van der Waals surface area contributed by atoms with E-state index in [1.54, 1.807) is 18.0 Å². The van der Waals surface area contributed by atoms with Gasteiger partial charge in [-0.2, -0.15) is 4.98 Å². The number of thioether (sulfide) groups is 1. The van der Waals surface area contributed by atoms with Crippen LogP contribution in [0.4, 0.5) is 17.5 Å². The van der Waals surface area contributed by atoms with Gasteiger partial charge < -0.3 is 16.0 Å². The van der Waals surface area contributed by atoms with E-state index in [2.05, 4.69) is 54.5 Å². The van der Waals surface area contributed by atoms with Crippen molar-refractivity contribution in [1.82, 2.24) is 15.3 Å². The van der Waals surface area contributed by atoms with Crippen LogP contribution in [0.3, 0.4) is 0 Å². The lowest BCUT2D eigenvalue weighted by Gasteiger charge is -2.14. The summed E-state index contributed by atoms with van der Waals surface area (Å²) in [5, 5.41) is 9.76. The van der Waals surface area contributed by atoms with Crippen molar-refractivity contribution in [3.63, 3.8) is 0 Å². The number of allylic oxidation sites excluding steroid dienone is 2. The molecule has 1 aromatic heterocycles. The molecular weight excluding hydrogens is 410 g/mol. The van der Waals surface area contributed by atoms with Crippen LogP contribution >= 0.6 is 27.7 Å². The van der Waals surface area contributed by atoms with E-state index in [0.29, 0.717) is 17.7 Å². The van der Waals surface area contributed by atoms with E-state index in [9.17, 15) is 0 Å². The van der Waals surface area contributed by atoms with Crippen molar-refractivity contribution in [2.24, 2.45) is 5.92 Å². The molecule has 0 saturated heterocycles. The number of para-hydroxylation sites is 1. The predicted molar refractivity (Wildman–Crippen MR) is 114 cm³/mol. The average molecular weight is 432 g/mol. The highest BCUT2D eigenvalue weighted by atomic mass is 79.9. The van der Waals surface area contributed by atoms with Crippen LogP contribution in [-0.2, 0) is 0 Å². The molecule has 0 spiro atoms. The van der Waals surface area contributed by atoms with E-state index < -0.39 is 0 Å². The van der Waals surface area contributed by atoms with Gasteiger partial charge >= 0.3 is 0 Å². The van der Waals surface area contributed by atoms with Gasteiger partial charge in [-0.05, 0) is 64.7 Å². The van der Waals surface area contributed by atoms with Crippen LogP contribution in [0.1, 0.15) is 12.8 Å². The zero-order valence-corrected chi connectivity index (χ0v) is 17.2. The van der Waals surface area contributed by atoms with Crippen LogP contribution in [0.15, 0.2) is 63.9 Å². The normalized spacial score (nSPS) is 14.0. The highest BCUT2D eigenvalue weighted by Crippen LogP contribution is 2.36. The predicted octanol–water partition coefficient (Wildman–Crippen LogP) is 5.14. The molecule has 0 aliphatic heterocycles. The number of hydrogen-bond acceptors (Lipinski definition) is 6. The second-order valence-corrected chi connectivity index (χ2v) is 7.70. The van der Waals surface area contributed by atoms with Crippen LogP contribution in [0.5, 0.6) is 0 Å². The van der Waals surface area contributed by atoms with E-state index >= 15 is 0 Å². The summed E-state index contributed by atoms with van der Waals surface area (Å²) in [6.07, 6.45) is 8.29. The first-order chi connectivity index (χ1) is 12.6. The Bertz CT molecular complexity index is 832. The Labute approximate surface area is 166 Å². The van der Waals surface area contributed by atoms with E-state index in [1.807, 2.05) is 37.6 Å². The number of hydrogen-bond donors (Lipinski definition) is 3. The molecule has 136 valence electrons. The highest BCUT2D eigenvalue weighted by Gasteiger charge is 2.23. The first-order valence-corrected chi connectivity index (χ1v) is 10.4. The molecule has 3 N–H and O–H groups in total. The molecule has 3 rings (SSSR count). The minimum Gasteiger partial charge on any atom is -0.375 e. The largest absolute Gasteiger partial charge is 0.375 e. The van der Waals surface area contributed by atoms with Gasteiger partial charge in [0, 0.05) is 18.1 Å². The summed E-state index contributed by atoms with van der Waals surface area (Å²) in [6.45, 7) is 4.15. The van der Waals surface area contributed by atoms with Crippen LogP contribution in [0.2, 0.25) is 0 Å². The first kappa shape index (κ1) is 18.8. The minimum atomic E-state index is 0.536. The highest BCUT2D eigenvalue weighted by molar-refractivity contribution is 9.10. The molecule has 1 aliphatic rings. The third-order valence-electron chi connectivity index (χ3n) is 4.05. The first-order valence-electron chi connectivity index (χ1n) is 8.38. The Kier molecular flexibility index (Phi) is 6.21. The van der Waals surface area contributed by atoms with Crippen LogP contribution < -0.4 is 16.0 Å². The van der Waals surface area contributed by atoms with E-state index in [-0.39, 0.29) is 0 Å². The van der Waals surface area contributed by atoms with Crippen molar-refractivity contribution in [1.29, 1.82) is 0 Å². The van der Waals surface area contributed by atoms with Crippen molar-refractivity contribution < 1.29 is 0 Å². The molecule has 1 aliphatic carbocycles.